The summed E-state index contributed by atoms with van der Waals surface area (Å²) in [4.78, 5) is 4.65. The fourth-order valence-corrected chi connectivity index (χ4v) is 6.58. The first-order valence-electron chi connectivity index (χ1n) is 15.0. The summed E-state index contributed by atoms with van der Waals surface area (Å²) in [5, 5.41) is 31.0. The van der Waals surface area contributed by atoms with Crippen molar-refractivity contribution in [1.29, 1.82) is 0 Å². The Balaban J connectivity index is 1.30. The Hall–Kier alpha value is -4.40. The van der Waals surface area contributed by atoms with Crippen molar-refractivity contribution in [1.82, 2.24) is 9.80 Å². The van der Waals surface area contributed by atoms with Crippen molar-refractivity contribution >= 4 is 0 Å². The first-order valence-corrected chi connectivity index (χ1v) is 15.0. The predicted octanol–water partition coefficient (Wildman–Crippen LogP) is 6.16. The maximum absolute atomic E-state index is 10.9. The molecule has 2 unspecified atom stereocenters. The van der Waals surface area contributed by atoms with Crippen LogP contribution in [0.2, 0.25) is 0 Å². The Kier molecular flexibility index (Phi) is 8.29. The highest BCUT2D eigenvalue weighted by Crippen LogP contribution is 2.44. The molecule has 2 atom stereocenters. The maximum Gasteiger partial charge on any atom is 0.169 e. The van der Waals surface area contributed by atoms with Crippen molar-refractivity contribution in [2.45, 2.75) is 37.8 Å². The van der Waals surface area contributed by atoms with E-state index >= 15 is 0 Å². The zero-order chi connectivity index (χ0) is 31.0. The minimum absolute atomic E-state index is 0.0512. The van der Waals surface area contributed by atoms with Gasteiger partial charge in [-0.15, -0.1) is 0 Å². The van der Waals surface area contributed by atoms with Crippen LogP contribution in [0.25, 0.3) is 0 Å². The van der Waals surface area contributed by atoms with Crippen LogP contribution in [0.15, 0.2) is 66.7 Å². The highest BCUT2D eigenvalue weighted by molar-refractivity contribution is 5.54. The number of aromatic hydroxyl groups is 3. The third kappa shape index (κ3) is 5.87. The Morgan fingerprint density at radius 3 is 1.82 bits per heavy atom. The summed E-state index contributed by atoms with van der Waals surface area (Å²) in [6, 6.07) is 20.9. The monoisotopic (exact) mass is 596 g/mol. The lowest BCUT2D eigenvalue weighted by atomic mass is 9.88. The van der Waals surface area contributed by atoms with Crippen LogP contribution in [0.1, 0.15) is 45.5 Å². The van der Waals surface area contributed by atoms with Gasteiger partial charge in [0.25, 0.3) is 0 Å². The highest BCUT2D eigenvalue weighted by Gasteiger charge is 2.29. The number of hydrogen-bond donors (Lipinski definition) is 3. The first-order chi connectivity index (χ1) is 21.2. The molecule has 0 aromatic heterocycles. The number of benzene rings is 4. The van der Waals surface area contributed by atoms with Gasteiger partial charge >= 0.3 is 0 Å². The van der Waals surface area contributed by atoms with Crippen LogP contribution in [0.3, 0.4) is 0 Å². The molecule has 3 N–H and O–H groups in total. The van der Waals surface area contributed by atoms with E-state index in [0.717, 1.165) is 60.2 Å². The molecular formula is C36H40N2O6. The topological polar surface area (TPSA) is 94.9 Å². The number of likely N-dealkylation sites (N-methyl/N-ethyl adjacent to an activating group) is 2. The van der Waals surface area contributed by atoms with Gasteiger partial charge in [0.05, 0.1) is 14.2 Å². The predicted molar refractivity (Wildman–Crippen MR) is 169 cm³/mol. The van der Waals surface area contributed by atoms with Crippen molar-refractivity contribution in [2.75, 3.05) is 41.4 Å². The number of phenolic OH excluding ortho intramolecular Hbond substituents is 3. The number of hydrogen-bond acceptors (Lipinski definition) is 8. The molecule has 8 heteroatoms. The van der Waals surface area contributed by atoms with E-state index in [1.165, 1.54) is 5.56 Å². The molecule has 2 heterocycles. The average molecular weight is 597 g/mol. The van der Waals surface area contributed by atoms with E-state index in [4.69, 9.17) is 14.2 Å². The molecule has 230 valence electrons. The van der Waals surface area contributed by atoms with Crippen LogP contribution in [-0.4, -0.2) is 66.5 Å². The summed E-state index contributed by atoms with van der Waals surface area (Å²) in [6.07, 6.45) is 3.23. The third-order valence-electron chi connectivity index (χ3n) is 9.15. The van der Waals surface area contributed by atoms with Gasteiger partial charge in [0.15, 0.2) is 34.5 Å². The maximum atomic E-state index is 10.9. The Morgan fingerprint density at radius 2 is 1.18 bits per heavy atom. The van der Waals surface area contributed by atoms with Gasteiger partial charge in [-0.05, 0) is 122 Å². The third-order valence-corrected chi connectivity index (χ3v) is 9.15. The Bertz CT molecular complexity index is 1650. The molecule has 2 aliphatic heterocycles. The zero-order valence-corrected chi connectivity index (χ0v) is 25.7. The lowest BCUT2D eigenvalue weighted by Crippen LogP contribution is -2.33. The molecule has 2 aliphatic rings. The molecule has 6 rings (SSSR count). The van der Waals surface area contributed by atoms with Crippen LogP contribution >= 0.6 is 0 Å². The number of phenols is 3. The molecule has 8 nitrogen and oxygen atoms in total. The standard InChI is InChI=1S/C36H40N2O6/c1-37-14-12-25-19-35(43-4)36(21-28(25)29(37)15-22-5-8-26(39)9-6-22)44-34-17-23(7-10-31(34)40)16-30-27-20-33(42-3)32(41)18-24(27)11-13-38(30)2/h5-10,17-21,29-30,39-41H,11-16H2,1-4H3. The second-order valence-electron chi connectivity index (χ2n) is 11.9. The lowest BCUT2D eigenvalue weighted by molar-refractivity contribution is 0.227. The van der Waals surface area contributed by atoms with E-state index in [-0.39, 0.29) is 29.3 Å². The van der Waals surface area contributed by atoms with Crippen LogP contribution in [0.5, 0.6) is 40.2 Å². The molecule has 0 aliphatic carbocycles. The molecule has 0 amide bonds. The summed E-state index contributed by atoms with van der Waals surface area (Å²) >= 11 is 0. The molecule has 44 heavy (non-hydrogen) atoms. The van der Waals surface area contributed by atoms with E-state index in [1.807, 2.05) is 42.5 Å². The molecule has 0 fully saturated rings. The largest absolute Gasteiger partial charge is 0.508 e. The fourth-order valence-electron chi connectivity index (χ4n) is 6.58. The van der Waals surface area contributed by atoms with E-state index in [1.54, 1.807) is 32.4 Å². The summed E-state index contributed by atoms with van der Waals surface area (Å²) in [5.41, 5.74) is 6.77. The van der Waals surface area contributed by atoms with Crippen molar-refractivity contribution in [3.63, 3.8) is 0 Å². The second kappa shape index (κ2) is 12.3. The lowest BCUT2D eigenvalue weighted by Gasteiger charge is -2.35. The van der Waals surface area contributed by atoms with E-state index in [9.17, 15) is 15.3 Å². The van der Waals surface area contributed by atoms with Crippen molar-refractivity contribution in [3.8, 4) is 40.2 Å². The number of methoxy groups -OCH3 is 2. The summed E-state index contributed by atoms with van der Waals surface area (Å²) in [6.45, 7) is 1.79. The first kappa shape index (κ1) is 29.7. The van der Waals surface area contributed by atoms with Gasteiger partial charge < -0.3 is 29.5 Å². The van der Waals surface area contributed by atoms with E-state index in [0.29, 0.717) is 29.4 Å². The average Bonchev–Trinajstić information content (AvgIpc) is 3.02. The van der Waals surface area contributed by atoms with Crippen LogP contribution in [-0.2, 0) is 25.7 Å². The minimum atomic E-state index is 0.0512. The summed E-state index contributed by atoms with van der Waals surface area (Å²) < 4.78 is 17.6. The molecule has 0 bridgehead atoms. The molecule has 0 spiro atoms. The van der Waals surface area contributed by atoms with Crippen LogP contribution in [0.4, 0.5) is 0 Å². The van der Waals surface area contributed by atoms with Crippen molar-refractivity contribution < 1.29 is 29.5 Å². The second-order valence-corrected chi connectivity index (χ2v) is 11.9. The van der Waals surface area contributed by atoms with E-state index in [2.05, 4.69) is 30.0 Å². The molecule has 4 aromatic carbocycles. The van der Waals surface area contributed by atoms with Gasteiger partial charge in [0.1, 0.15) is 5.75 Å². The molecule has 0 saturated heterocycles. The van der Waals surface area contributed by atoms with Crippen LogP contribution < -0.4 is 14.2 Å². The minimum Gasteiger partial charge on any atom is -0.508 e. The Morgan fingerprint density at radius 1 is 0.614 bits per heavy atom. The van der Waals surface area contributed by atoms with E-state index < -0.39 is 0 Å². The molecule has 4 aromatic rings. The highest BCUT2D eigenvalue weighted by atomic mass is 16.5. The van der Waals surface area contributed by atoms with Crippen molar-refractivity contribution in [2.24, 2.45) is 0 Å². The summed E-state index contributed by atoms with van der Waals surface area (Å²) in [7, 11) is 7.44. The number of ether oxygens (including phenoxy) is 3. The number of nitrogens with zero attached hydrogens (tertiary/aromatic N) is 2. The number of rotatable bonds is 8. The summed E-state index contributed by atoms with van der Waals surface area (Å²) in [5.74, 6) is 2.46. The van der Waals surface area contributed by atoms with Gasteiger partial charge in [0.2, 0.25) is 0 Å². The van der Waals surface area contributed by atoms with Gasteiger partial charge in [-0.25, -0.2) is 0 Å². The fraction of sp³-hybridized carbons (Fsp3) is 0.333. The van der Waals surface area contributed by atoms with Gasteiger partial charge in [-0.1, -0.05) is 18.2 Å². The SMILES string of the molecule is COc1cc2c(cc1O)CCN(C)C2Cc1ccc(O)c(Oc2cc3c(cc2OC)CCN(C)C3Cc2ccc(O)cc2)c1. The Labute approximate surface area is 258 Å². The molecule has 0 saturated carbocycles. The normalized spacial score (nSPS) is 18.4. The smallest absolute Gasteiger partial charge is 0.169 e. The molecule has 0 radical (unpaired) electrons. The van der Waals surface area contributed by atoms with Crippen molar-refractivity contribution in [3.05, 3.63) is 100 Å². The number of fused-ring (bicyclic) bond motifs is 2. The molecular weight excluding hydrogens is 556 g/mol. The van der Waals surface area contributed by atoms with Gasteiger partial charge in [-0.3, -0.25) is 9.80 Å². The van der Waals surface area contributed by atoms with Gasteiger partial charge in [0, 0.05) is 25.2 Å². The van der Waals surface area contributed by atoms with Gasteiger partial charge in [-0.2, -0.15) is 0 Å². The zero-order valence-electron chi connectivity index (χ0n) is 25.7. The quantitative estimate of drug-likeness (QED) is 0.223. The van der Waals surface area contributed by atoms with Crippen LogP contribution in [0, 0.1) is 0 Å².